The molecule has 100 valence electrons. The third kappa shape index (κ3) is 6.25. The Hall–Kier alpha value is -1.55. The summed E-state index contributed by atoms with van der Waals surface area (Å²) >= 11 is 0. The van der Waals surface area contributed by atoms with E-state index < -0.39 is 0 Å². The first-order chi connectivity index (χ1) is 8.58. The molecule has 0 saturated carbocycles. The monoisotopic (exact) mass is 250 g/mol. The molecule has 0 aliphatic rings. The summed E-state index contributed by atoms with van der Waals surface area (Å²) in [5.41, 5.74) is 0. The van der Waals surface area contributed by atoms with Gasteiger partial charge in [-0.3, -0.25) is 4.79 Å². The SMILES string of the molecule is CC(C)NC(=O)CNC(C)COc1ccccc1. The summed E-state index contributed by atoms with van der Waals surface area (Å²) in [7, 11) is 0. The number of rotatable bonds is 7. The number of hydrogen-bond acceptors (Lipinski definition) is 3. The lowest BCUT2D eigenvalue weighted by Crippen LogP contribution is -2.42. The van der Waals surface area contributed by atoms with Crippen molar-refractivity contribution in [3.05, 3.63) is 30.3 Å². The van der Waals surface area contributed by atoms with Gasteiger partial charge >= 0.3 is 0 Å². The first-order valence-electron chi connectivity index (χ1n) is 6.28. The van der Waals surface area contributed by atoms with E-state index >= 15 is 0 Å². The molecule has 4 nitrogen and oxygen atoms in total. The molecule has 0 aliphatic heterocycles. The number of para-hydroxylation sites is 1. The van der Waals surface area contributed by atoms with Crippen LogP contribution in [-0.4, -0.2) is 31.1 Å². The van der Waals surface area contributed by atoms with Crippen molar-refractivity contribution >= 4 is 5.91 Å². The number of hydrogen-bond donors (Lipinski definition) is 2. The van der Waals surface area contributed by atoms with Crippen LogP contribution in [0.5, 0.6) is 5.75 Å². The van der Waals surface area contributed by atoms with E-state index in [9.17, 15) is 4.79 Å². The minimum Gasteiger partial charge on any atom is -0.492 e. The summed E-state index contributed by atoms with van der Waals surface area (Å²) in [6, 6.07) is 9.95. The Kier molecular flexibility index (Phi) is 6.22. The molecule has 0 bridgehead atoms. The van der Waals surface area contributed by atoms with Crippen molar-refractivity contribution in [2.24, 2.45) is 0 Å². The lowest BCUT2D eigenvalue weighted by atomic mass is 10.3. The fourth-order valence-electron chi connectivity index (χ4n) is 1.44. The van der Waals surface area contributed by atoms with Crippen LogP contribution >= 0.6 is 0 Å². The second-order valence-electron chi connectivity index (χ2n) is 4.63. The topological polar surface area (TPSA) is 50.4 Å². The maximum absolute atomic E-state index is 11.4. The second kappa shape index (κ2) is 7.71. The van der Waals surface area contributed by atoms with E-state index in [0.29, 0.717) is 13.2 Å². The number of carbonyl (C=O) groups excluding carboxylic acids is 1. The molecule has 1 unspecified atom stereocenters. The van der Waals surface area contributed by atoms with E-state index in [4.69, 9.17) is 4.74 Å². The molecule has 0 aromatic heterocycles. The Morgan fingerprint density at radius 3 is 2.50 bits per heavy atom. The van der Waals surface area contributed by atoms with Crippen LogP contribution < -0.4 is 15.4 Å². The third-order valence-electron chi connectivity index (χ3n) is 2.30. The zero-order chi connectivity index (χ0) is 13.4. The molecule has 0 aliphatic carbocycles. The molecule has 18 heavy (non-hydrogen) atoms. The average molecular weight is 250 g/mol. The van der Waals surface area contributed by atoms with Crippen LogP contribution in [-0.2, 0) is 4.79 Å². The zero-order valence-electron chi connectivity index (χ0n) is 11.3. The van der Waals surface area contributed by atoms with Gasteiger partial charge in [0.15, 0.2) is 0 Å². The lowest BCUT2D eigenvalue weighted by molar-refractivity contribution is -0.120. The first kappa shape index (κ1) is 14.5. The fraction of sp³-hybridized carbons (Fsp3) is 0.500. The molecule has 1 amide bonds. The highest BCUT2D eigenvalue weighted by molar-refractivity contribution is 5.78. The molecule has 4 heteroatoms. The summed E-state index contributed by atoms with van der Waals surface area (Å²) in [5.74, 6) is 0.856. The van der Waals surface area contributed by atoms with E-state index in [1.54, 1.807) is 0 Å². The van der Waals surface area contributed by atoms with Crippen molar-refractivity contribution in [1.82, 2.24) is 10.6 Å². The zero-order valence-corrected chi connectivity index (χ0v) is 11.3. The van der Waals surface area contributed by atoms with Crippen molar-refractivity contribution in [1.29, 1.82) is 0 Å². The first-order valence-corrected chi connectivity index (χ1v) is 6.28. The number of ether oxygens (including phenoxy) is 1. The molecular formula is C14H22N2O2. The largest absolute Gasteiger partial charge is 0.492 e. The molecule has 1 aromatic rings. The Bertz CT molecular complexity index is 352. The summed E-state index contributed by atoms with van der Waals surface area (Å²) in [5, 5.41) is 5.95. The van der Waals surface area contributed by atoms with Gasteiger partial charge in [-0.05, 0) is 32.9 Å². The van der Waals surface area contributed by atoms with Gasteiger partial charge in [-0.2, -0.15) is 0 Å². The standard InChI is InChI=1S/C14H22N2O2/c1-11(2)16-14(17)9-15-12(3)10-18-13-7-5-4-6-8-13/h4-8,11-12,15H,9-10H2,1-3H3,(H,16,17). The van der Waals surface area contributed by atoms with Crippen molar-refractivity contribution < 1.29 is 9.53 Å². The molecule has 0 saturated heterocycles. The Balaban J connectivity index is 2.18. The highest BCUT2D eigenvalue weighted by Gasteiger charge is 2.06. The van der Waals surface area contributed by atoms with Crippen molar-refractivity contribution in [3.8, 4) is 5.75 Å². The van der Waals surface area contributed by atoms with Crippen LogP contribution in [0.3, 0.4) is 0 Å². The lowest BCUT2D eigenvalue weighted by Gasteiger charge is -2.15. The smallest absolute Gasteiger partial charge is 0.234 e. The molecule has 0 radical (unpaired) electrons. The highest BCUT2D eigenvalue weighted by atomic mass is 16.5. The minimum absolute atomic E-state index is 0.0107. The van der Waals surface area contributed by atoms with Gasteiger partial charge in [0, 0.05) is 12.1 Å². The van der Waals surface area contributed by atoms with Gasteiger partial charge in [0.1, 0.15) is 12.4 Å². The van der Waals surface area contributed by atoms with Crippen LogP contribution in [0.4, 0.5) is 0 Å². The van der Waals surface area contributed by atoms with E-state index in [1.807, 2.05) is 51.1 Å². The number of benzene rings is 1. The quantitative estimate of drug-likeness (QED) is 0.772. The van der Waals surface area contributed by atoms with E-state index in [-0.39, 0.29) is 18.0 Å². The predicted octanol–water partition coefficient (Wildman–Crippen LogP) is 1.57. The Labute approximate surface area is 109 Å². The van der Waals surface area contributed by atoms with Gasteiger partial charge in [0.2, 0.25) is 5.91 Å². The molecular weight excluding hydrogens is 228 g/mol. The molecule has 2 N–H and O–H groups in total. The minimum atomic E-state index is 0.0107. The third-order valence-corrected chi connectivity index (χ3v) is 2.30. The number of amides is 1. The van der Waals surface area contributed by atoms with Crippen molar-refractivity contribution in [2.45, 2.75) is 32.9 Å². The second-order valence-corrected chi connectivity index (χ2v) is 4.63. The summed E-state index contributed by atoms with van der Waals surface area (Å²) in [6.07, 6.45) is 0. The van der Waals surface area contributed by atoms with Crippen LogP contribution in [0.2, 0.25) is 0 Å². The molecule has 0 fully saturated rings. The summed E-state index contributed by atoms with van der Waals surface area (Å²) < 4.78 is 5.59. The summed E-state index contributed by atoms with van der Waals surface area (Å²) in [6.45, 7) is 6.74. The molecule has 0 spiro atoms. The maximum Gasteiger partial charge on any atom is 0.234 e. The van der Waals surface area contributed by atoms with E-state index in [1.165, 1.54) is 0 Å². The predicted molar refractivity (Wildman–Crippen MR) is 72.7 cm³/mol. The van der Waals surface area contributed by atoms with Crippen LogP contribution in [0.1, 0.15) is 20.8 Å². The Morgan fingerprint density at radius 2 is 1.89 bits per heavy atom. The van der Waals surface area contributed by atoms with Crippen molar-refractivity contribution in [3.63, 3.8) is 0 Å². The summed E-state index contributed by atoms with van der Waals surface area (Å²) in [4.78, 5) is 11.4. The molecule has 1 rings (SSSR count). The molecule has 1 atom stereocenters. The maximum atomic E-state index is 11.4. The van der Waals surface area contributed by atoms with E-state index in [0.717, 1.165) is 5.75 Å². The Morgan fingerprint density at radius 1 is 1.22 bits per heavy atom. The number of nitrogens with one attached hydrogen (secondary N) is 2. The van der Waals surface area contributed by atoms with Gasteiger partial charge in [-0.25, -0.2) is 0 Å². The van der Waals surface area contributed by atoms with Crippen LogP contribution in [0, 0.1) is 0 Å². The molecule has 0 heterocycles. The number of carbonyl (C=O) groups is 1. The normalized spacial score (nSPS) is 12.2. The van der Waals surface area contributed by atoms with Gasteiger partial charge in [-0.15, -0.1) is 0 Å². The fourth-order valence-corrected chi connectivity index (χ4v) is 1.44. The van der Waals surface area contributed by atoms with Gasteiger partial charge in [-0.1, -0.05) is 18.2 Å². The highest BCUT2D eigenvalue weighted by Crippen LogP contribution is 2.08. The van der Waals surface area contributed by atoms with Gasteiger partial charge in [0.25, 0.3) is 0 Å². The van der Waals surface area contributed by atoms with Gasteiger partial charge in [0.05, 0.1) is 6.54 Å². The van der Waals surface area contributed by atoms with Crippen LogP contribution in [0.25, 0.3) is 0 Å². The van der Waals surface area contributed by atoms with Gasteiger partial charge < -0.3 is 15.4 Å². The molecule has 1 aromatic carbocycles. The van der Waals surface area contributed by atoms with Crippen LogP contribution in [0.15, 0.2) is 30.3 Å². The van der Waals surface area contributed by atoms with E-state index in [2.05, 4.69) is 10.6 Å². The average Bonchev–Trinajstić information content (AvgIpc) is 2.34. The van der Waals surface area contributed by atoms with Crippen molar-refractivity contribution in [2.75, 3.05) is 13.2 Å².